The summed E-state index contributed by atoms with van der Waals surface area (Å²) in [7, 11) is 0. The molecule has 2 atom stereocenters. The molecule has 2 amide bonds. The summed E-state index contributed by atoms with van der Waals surface area (Å²) >= 11 is 1.75. The van der Waals surface area contributed by atoms with Crippen molar-refractivity contribution in [2.75, 3.05) is 5.75 Å². The molecule has 4 nitrogen and oxygen atoms in total. The summed E-state index contributed by atoms with van der Waals surface area (Å²) in [6.45, 7) is 6.52. The van der Waals surface area contributed by atoms with Crippen molar-refractivity contribution in [3.8, 4) is 0 Å². The summed E-state index contributed by atoms with van der Waals surface area (Å²) in [5.74, 6) is 1.50. The summed E-state index contributed by atoms with van der Waals surface area (Å²) in [6, 6.07) is 27.9. The monoisotopic (exact) mass is 502 g/mol. The molecule has 0 spiro atoms. The van der Waals surface area contributed by atoms with Crippen molar-refractivity contribution in [3.63, 3.8) is 0 Å². The molecular weight excluding hydrogens is 464 g/mol. The summed E-state index contributed by atoms with van der Waals surface area (Å²) < 4.78 is 0. The Bertz CT molecular complexity index is 1070. The maximum atomic E-state index is 13.6. The molecule has 3 rings (SSSR count). The van der Waals surface area contributed by atoms with Crippen molar-refractivity contribution < 1.29 is 9.59 Å². The minimum absolute atomic E-state index is 0.0105. The van der Waals surface area contributed by atoms with Gasteiger partial charge in [-0.25, -0.2) is 0 Å². The SMILES string of the molecule is CCC(C)NC(=O)C(Cc1ccccc1)N(Cc1ccc(C)cc1)C(=O)CCSCc1ccccc1. The lowest BCUT2D eigenvalue weighted by atomic mass is 10.0. The average Bonchev–Trinajstić information content (AvgIpc) is 2.90. The standard InChI is InChI=1S/C31H38N2O2S/c1-4-25(3)32-31(35)29(21-26-11-7-5-8-12-26)33(22-27-17-15-24(2)16-18-27)30(34)19-20-36-23-28-13-9-6-10-14-28/h5-18,25,29H,4,19-23H2,1-3H3,(H,32,35). The number of rotatable bonds is 13. The van der Waals surface area contributed by atoms with Gasteiger partial charge in [0.15, 0.2) is 0 Å². The first-order valence-corrected chi connectivity index (χ1v) is 13.9. The lowest BCUT2D eigenvalue weighted by molar-refractivity contribution is -0.141. The summed E-state index contributed by atoms with van der Waals surface area (Å²) in [6.07, 6.45) is 1.72. The number of carbonyl (C=O) groups is 2. The number of hydrogen-bond donors (Lipinski definition) is 1. The zero-order valence-electron chi connectivity index (χ0n) is 21.7. The first-order valence-electron chi connectivity index (χ1n) is 12.8. The largest absolute Gasteiger partial charge is 0.352 e. The van der Waals surface area contributed by atoms with E-state index in [1.54, 1.807) is 16.7 Å². The highest BCUT2D eigenvalue weighted by Crippen LogP contribution is 2.19. The number of carbonyl (C=O) groups excluding carboxylic acids is 2. The van der Waals surface area contributed by atoms with Crippen molar-refractivity contribution >= 4 is 23.6 Å². The molecule has 190 valence electrons. The number of nitrogens with one attached hydrogen (secondary N) is 1. The van der Waals surface area contributed by atoms with E-state index >= 15 is 0 Å². The molecule has 0 aliphatic rings. The molecule has 0 heterocycles. The van der Waals surface area contributed by atoms with E-state index in [2.05, 4.69) is 43.4 Å². The quantitative estimate of drug-likeness (QED) is 0.284. The Morgan fingerprint density at radius 2 is 1.47 bits per heavy atom. The van der Waals surface area contributed by atoms with E-state index in [0.29, 0.717) is 25.1 Å². The highest BCUT2D eigenvalue weighted by Gasteiger charge is 2.30. The van der Waals surface area contributed by atoms with E-state index in [4.69, 9.17) is 0 Å². The fourth-order valence-electron chi connectivity index (χ4n) is 3.95. The number of nitrogens with zero attached hydrogens (tertiary/aromatic N) is 1. The Morgan fingerprint density at radius 1 is 0.861 bits per heavy atom. The molecule has 0 saturated carbocycles. The van der Waals surface area contributed by atoms with Gasteiger partial charge < -0.3 is 10.2 Å². The van der Waals surface area contributed by atoms with Crippen molar-refractivity contribution in [3.05, 3.63) is 107 Å². The minimum Gasteiger partial charge on any atom is -0.352 e. The third kappa shape index (κ3) is 8.87. The zero-order chi connectivity index (χ0) is 25.8. The van der Waals surface area contributed by atoms with Crippen molar-refractivity contribution in [2.24, 2.45) is 0 Å². The molecule has 0 fully saturated rings. The third-order valence-corrected chi connectivity index (χ3v) is 7.35. The first-order chi connectivity index (χ1) is 17.5. The number of thioether (sulfide) groups is 1. The maximum Gasteiger partial charge on any atom is 0.243 e. The van der Waals surface area contributed by atoms with Crippen molar-refractivity contribution in [1.29, 1.82) is 0 Å². The molecule has 5 heteroatoms. The highest BCUT2D eigenvalue weighted by molar-refractivity contribution is 7.98. The van der Waals surface area contributed by atoms with Crippen LogP contribution in [0.1, 0.15) is 48.9 Å². The van der Waals surface area contributed by atoms with E-state index in [9.17, 15) is 9.59 Å². The van der Waals surface area contributed by atoms with Crippen LogP contribution in [0.4, 0.5) is 0 Å². The minimum atomic E-state index is -0.575. The van der Waals surface area contributed by atoms with E-state index in [0.717, 1.165) is 23.3 Å². The lowest BCUT2D eigenvalue weighted by Gasteiger charge is -2.32. The second-order valence-corrected chi connectivity index (χ2v) is 10.4. The van der Waals surface area contributed by atoms with E-state index < -0.39 is 6.04 Å². The van der Waals surface area contributed by atoms with Gasteiger partial charge in [-0.2, -0.15) is 11.8 Å². The molecule has 0 bridgehead atoms. The van der Waals surface area contributed by atoms with Crippen LogP contribution in [0, 0.1) is 6.92 Å². The Balaban J connectivity index is 1.80. The van der Waals surface area contributed by atoms with E-state index in [-0.39, 0.29) is 17.9 Å². The second-order valence-electron chi connectivity index (χ2n) is 9.32. The van der Waals surface area contributed by atoms with Gasteiger partial charge >= 0.3 is 0 Å². The molecule has 3 aromatic rings. The van der Waals surface area contributed by atoms with Crippen molar-refractivity contribution in [2.45, 2.75) is 64.4 Å². The average molecular weight is 503 g/mol. The summed E-state index contributed by atoms with van der Waals surface area (Å²) in [4.78, 5) is 29.0. The predicted molar refractivity (Wildman–Crippen MR) is 151 cm³/mol. The number of aryl methyl sites for hydroxylation is 1. The molecular formula is C31H38N2O2S. The molecule has 1 N–H and O–H groups in total. The highest BCUT2D eigenvalue weighted by atomic mass is 32.2. The molecule has 36 heavy (non-hydrogen) atoms. The van der Waals surface area contributed by atoms with Crippen LogP contribution < -0.4 is 5.32 Å². The van der Waals surface area contributed by atoms with Crippen LogP contribution in [0.15, 0.2) is 84.9 Å². The van der Waals surface area contributed by atoms with Gasteiger partial charge in [0.1, 0.15) is 6.04 Å². The van der Waals surface area contributed by atoms with Crippen LogP contribution in [0.25, 0.3) is 0 Å². The lowest BCUT2D eigenvalue weighted by Crippen LogP contribution is -2.52. The molecule has 0 saturated heterocycles. The summed E-state index contributed by atoms with van der Waals surface area (Å²) in [5.41, 5.74) is 4.49. The topological polar surface area (TPSA) is 49.4 Å². The van der Waals surface area contributed by atoms with Crippen LogP contribution in [0.2, 0.25) is 0 Å². The fraction of sp³-hybridized carbons (Fsp3) is 0.355. The van der Waals surface area contributed by atoms with Gasteiger partial charge in [-0.3, -0.25) is 9.59 Å². The van der Waals surface area contributed by atoms with Gasteiger partial charge in [-0.05, 0) is 37.0 Å². The van der Waals surface area contributed by atoms with Gasteiger partial charge in [0.25, 0.3) is 0 Å². The maximum absolute atomic E-state index is 13.6. The Morgan fingerprint density at radius 3 is 2.08 bits per heavy atom. The predicted octanol–water partition coefficient (Wildman–Crippen LogP) is 6.17. The zero-order valence-corrected chi connectivity index (χ0v) is 22.5. The van der Waals surface area contributed by atoms with Crippen LogP contribution in [-0.4, -0.2) is 34.6 Å². The number of amides is 2. The molecule has 3 aromatic carbocycles. The third-order valence-electron chi connectivity index (χ3n) is 6.32. The number of benzene rings is 3. The van der Waals surface area contributed by atoms with Gasteiger partial charge in [0.05, 0.1) is 0 Å². The van der Waals surface area contributed by atoms with Crippen molar-refractivity contribution in [1.82, 2.24) is 10.2 Å². The summed E-state index contributed by atoms with van der Waals surface area (Å²) in [5, 5.41) is 3.13. The van der Waals surface area contributed by atoms with E-state index in [1.807, 2.05) is 67.6 Å². The molecule has 2 unspecified atom stereocenters. The Hall–Kier alpha value is -3.05. The second kappa shape index (κ2) is 14.5. The Kier molecular flexibility index (Phi) is 11.1. The van der Waals surface area contributed by atoms with Gasteiger partial charge in [-0.15, -0.1) is 0 Å². The van der Waals surface area contributed by atoms with Gasteiger partial charge in [-0.1, -0.05) is 97.4 Å². The fourth-order valence-corrected chi connectivity index (χ4v) is 4.84. The van der Waals surface area contributed by atoms with Gasteiger partial charge in [0.2, 0.25) is 11.8 Å². The van der Waals surface area contributed by atoms with Gasteiger partial charge in [0, 0.05) is 36.9 Å². The molecule has 0 aromatic heterocycles. The van der Waals surface area contributed by atoms with Crippen LogP contribution in [-0.2, 0) is 28.3 Å². The van der Waals surface area contributed by atoms with E-state index in [1.165, 1.54) is 11.1 Å². The molecule has 0 radical (unpaired) electrons. The number of hydrogen-bond acceptors (Lipinski definition) is 3. The first kappa shape index (κ1) is 27.5. The smallest absolute Gasteiger partial charge is 0.243 e. The molecule has 0 aliphatic carbocycles. The Labute approximate surface area is 220 Å². The normalized spacial score (nSPS) is 12.5. The van der Waals surface area contributed by atoms with Crippen LogP contribution >= 0.6 is 11.8 Å². The molecule has 0 aliphatic heterocycles. The van der Waals surface area contributed by atoms with Crippen LogP contribution in [0.3, 0.4) is 0 Å². The van der Waals surface area contributed by atoms with Crippen LogP contribution in [0.5, 0.6) is 0 Å².